The highest BCUT2D eigenvalue weighted by atomic mass is 35.5. The first-order chi connectivity index (χ1) is 9.92. The molecular weight excluding hydrogens is 331 g/mol. The fourth-order valence-electron chi connectivity index (χ4n) is 1.86. The van der Waals surface area contributed by atoms with Gasteiger partial charge in [-0.25, -0.2) is 0 Å². The van der Waals surface area contributed by atoms with Crippen LogP contribution in [-0.4, -0.2) is 16.9 Å². The molecule has 1 aromatic rings. The van der Waals surface area contributed by atoms with Crippen LogP contribution in [0.25, 0.3) is 0 Å². The number of nitrogens with zero attached hydrogens (tertiary/aromatic N) is 1. The van der Waals surface area contributed by atoms with Crippen LogP contribution in [0.5, 0.6) is 0 Å². The molecule has 1 saturated heterocycles. The van der Waals surface area contributed by atoms with Crippen molar-refractivity contribution in [3.05, 3.63) is 44.4 Å². The van der Waals surface area contributed by atoms with Crippen LogP contribution in [0, 0.1) is 11.3 Å². The van der Waals surface area contributed by atoms with Crippen LogP contribution in [0.3, 0.4) is 0 Å². The third-order valence-corrected chi connectivity index (χ3v) is 4.70. The van der Waals surface area contributed by atoms with Crippen molar-refractivity contribution in [1.29, 1.82) is 5.26 Å². The van der Waals surface area contributed by atoms with Crippen molar-refractivity contribution in [2.45, 2.75) is 18.6 Å². The normalized spacial score (nSPS) is 19.9. The van der Waals surface area contributed by atoms with Crippen LogP contribution in [0.2, 0.25) is 10.0 Å². The molecule has 0 bridgehead atoms. The van der Waals surface area contributed by atoms with Gasteiger partial charge in [0.1, 0.15) is 11.6 Å². The van der Waals surface area contributed by atoms with Crippen molar-refractivity contribution in [1.82, 2.24) is 5.32 Å². The molecule has 1 atom stereocenters. The number of carbonyl (C=O) groups is 2. The maximum Gasteiger partial charge on any atom is 0.238 e. The molecule has 1 aliphatic heterocycles. The lowest BCUT2D eigenvalue weighted by Gasteiger charge is -2.08. The fraction of sp³-hybridized carbons (Fsp3) is 0.214. The Labute approximate surface area is 136 Å². The van der Waals surface area contributed by atoms with Gasteiger partial charge in [-0.05, 0) is 37.1 Å². The average Bonchev–Trinajstić information content (AvgIpc) is 2.75. The third kappa shape index (κ3) is 3.59. The quantitative estimate of drug-likeness (QED) is 0.678. The Morgan fingerprint density at radius 3 is 2.81 bits per heavy atom. The Kier molecular flexibility index (Phi) is 4.94. The summed E-state index contributed by atoms with van der Waals surface area (Å²) in [7, 11) is 0. The fourth-order valence-corrected chi connectivity index (χ4v) is 3.43. The van der Waals surface area contributed by atoms with Crippen LogP contribution in [0.15, 0.2) is 28.8 Å². The molecule has 1 aliphatic rings. The molecule has 0 saturated carbocycles. The summed E-state index contributed by atoms with van der Waals surface area (Å²) in [6, 6.07) is 6.86. The molecule has 1 amide bonds. The van der Waals surface area contributed by atoms with Crippen LogP contribution in [0.1, 0.15) is 12.5 Å². The van der Waals surface area contributed by atoms with Gasteiger partial charge >= 0.3 is 0 Å². The largest absolute Gasteiger partial charge is 0.318 e. The highest BCUT2D eigenvalue weighted by Crippen LogP contribution is 2.33. The van der Waals surface area contributed by atoms with Gasteiger partial charge in [0.05, 0.1) is 10.3 Å². The molecule has 1 aromatic carbocycles. The highest BCUT2D eigenvalue weighted by Gasteiger charge is 2.32. The van der Waals surface area contributed by atoms with E-state index in [4.69, 9.17) is 28.5 Å². The van der Waals surface area contributed by atoms with E-state index < -0.39 is 5.25 Å². The molecule has 1 fully saturated rings. The lowest BCUT2D eigenvalue weighted by atomic mass is 10.1. The summed E-state index contributed by atoms with van der Waals surface area (Å²) in [6.45, 7) is 1.29. The molecule has 1 N–H and O–H groups in total. The maximum absolute atomic E-state index is 12.0. The Morgan fingerprint density at radius 2 is 2.19 bits per heavy atom. The molecule has 4 nitrogen and oxygen atoms in total. The molecule has 0 radical (unpaired) electrons. The van der Waals surface area contributed by atoms with Gasteiger partial charge in [-0.15, -0.1) is 0 Å². The first kappa shape index (κ1) is 15.9. The van der Waals surface area contributed by atoms with Gasteiger partial charge in [0, 0.05) is 10.0 Å². The number of amides is 1. The zero-order chi connectivity index (χ0) is 15.6. The topological polar surface area (TPSA) is 70.0 Å². The molecule has 0 aliphatic carbocycles. The van der Waals surface area contributed by atoms with Gasteiger partial charge in [0.2, 0.25) is 5.91 Å². The van der Waals surface area contributed by atoms with Crippen LogP contribution >= 0.6 is 35.0 Å². The summed E-state index contributed by atoms with van der Waals surface area (Å²) >= 11 is 13.2. The van der Waals surface area contributed by atoms with E-state index in [-0.39, 0.29) is 17.3 Å². The highest BCUT2D eigenvalue weighted by molar-refractivity contribution is 8.04. The Hall–Kier alpha value is -1.48. The molecule has 0 aromatic heterocycles. The summed E-state index contributed by atoms with van der Waals surface area (Å²) in [5, 5.41) is 12.5. The maximum atomic E-state index is 12.0. The summed E-state index contributed by atoms with van der Waals surface area (Å²) in [5.74, 6) is -0.623. The second-order valence-corrected chi connectivity index (χ2v) is 6.46. The lowest BCUT2D eigenvalue weighted by molar-refractivity contribution is -0.119. The van der Waals surface area contributed by atoms with Crippen molar-refractivity contribution in [2.24, 2.45) is 0 Å². The van der Waals surface area contributed by atoms with Crippen LogP contribution < -0.4 is 5.32 Å². The van der Waals surface area contributed by atoms with E-state index in [1.807, 2.05) is 6.07 Å². The first-order valence-electron chi connectivity index (χ1n) is 5.99. The van der Waals surface area contributed by atoms with Gasteiger partial charge in [-0.2, -0.15) is 5.26 Å². The second-order valence-electron chi connectivity index (χ2n) is 4.41. The number of thioether (sulfide) groups is 1. The number of hydrogen-bond acceptors (Lipinski definition) is 4. The molecule has 2 rings (SSSR count). The van der Waals surface area contributed by atoms with Crippen LogP contribution in [0.4, 0.5) is 0 Å². The van der Waals surface area contributed by atoms with Crippen LogP contribution in [-0.2, 0) is 16.0 Å². The molecule has 1 heterocycles. The number of hydrogen-bond donors (Lipinski definition) is 1. The van der Waals surface area contributed by atoms with E-state index in [0.29, 0.717) is 21.5 Å². The van der Waals surface area contributed by atoms with E-state index in [1.165, 1.54) is 6.92 Å². The monoisotopic (exact) mass is 340 g/mol. The number of Topliss-reactive ketones (excluding diaryl/α,β-unsaturated/α-hetero) is 1. The van der Waals surface area contributed by atoms with Gasteiger partial charge in [0.15, 0.2) is 5.78 Å². The van der Waals surface area contributed by atoms with Gasteiger partial charge in [-0.1, -0.05) is 35.0 Å². The molecule has 0 spiro atoms. The number of rotatable bonds is 3. The number of halogens is 2. The zero-order valence-electron chi connectivity index (χ0n) is 10.9. The molecule has 1 unspecified atom stereocenters. The van der Waals surface area contributed by atoms with Gasteiger partial charge in [0.25, 0.3) is 0 Å². The molecule has 7 heteroatoms. The van der Waals surface area contributed by atoms with E-state index in [2.05, 4.69) is 5.32 Å². The number of benzene rings is 1. The summed E-state index contributed by atoms with van der Waals surface area (Å²) in [6.07, 6.45) is 0.371. The van der Waals surface area contributed by atoms with Crippen molar-refractivity contribution in [3.63, 3.8) is 0 Å². The third-order valence-electron chi connectivity index (χ3n) is 2.89. The van der Waals surface area contributed by atoms with Crippen molar-refractivity contribution in [3.8, 4) is 6.07 Å². The van der Waals surface area contributed by atoms with E-state index in [0.717, 1.165) is 17.3 Å². The van der Waals surface area contributed by atoms with E-state index >= 15 is 0 Å². The van der Waals surface area contributed by atoms with Gasteiger partial charge in [-0.3, -0.25) is 9.59 Å². The smallest absolute Gasteiger partial charge is 0.238 e. The minimum absolute atomic E-state index is 0.0342. The first-order valence-corrected chi connectivity index (χ1v) is 7.62. The molecular formula is C14H10Cl2N2O2S. The number of nitriles is 1. The SMILES string of the molecule is CC(=O)/C(C#N)=C1/NC(=O)C(Cc2cc(Cl)ccc2Cl)S1. The Morgan fingerprint density at radius 1 is 1.48 bits per heavy atom. The van der Waals surface area contributed by atoms with Crippen molar-refractivity contribution in [2.75, 3.05) is 0 Å². The molecule has 21 heavy (non-hydrogen) atoms. The van der Waals surface area contributed by atoms with E-state index in [9.17, 15) is 9.59 Å². The number of ketones is 1. The minimum Gasteiger partial charge on any atom is -0.318 e. The summed E-state index contributed by atoms with van der Waals surface area (Å²) < 4.78 is 0. The number of nitrogens with one attached hydrogen (secondary N) is 1. The minimum atomic E-state index is -0.446. The van der Waals surface area contributed by atoms with Gasteiger partial charge < -0.3 is 5.32 Å². The zero-order valence-corrected chi connectivity index (χ0v) is 13.3. The Balaban J connectivity index is 2.24. The Bertz CT molecular complexity index is 695. The second kappa shape index (κ2) is 6.52. The van der Waals surface area contributed by atoms with Crippen molar-refractivity contribution >= 4 is 46.7 Å². The standard InChI is InChI=1S/C14H10Cl2N2O2S/c1-7(19)10(6-17)14-18-13(20)12(21-14)5-8-4-9(15)2-3-11(8)16/h2-4,12H,5H2,1H3,(H,18,20)/b14-10-. The predicted molar refractivity (Wildman–Crippen MR) is 83.0 cm³/mol. The summed E-state index contributed by atoms with van der Waals surface area (Å²) in [4.78, 5) is 23.3. The number of allylic oxidation sites excluding steroid dienone is 1. The predicted octanol–water partition coefficient (Wildman–Crippen LogP) is 3.09. The number of carbonyl (C=O) groups excluding carboxylic acids is 2. The molecule has 108 valence electrons. The summed E-state index contributed by atoms with van der Waals surface area (Å²) in [5.41, 5.74) is 0.715. The lowest BCUT2D eigenvalue weighted by Crippen LogP contribution is -2.24. The van der Waals surface area contributed by atoms with E-state index in [1.54, 1.807) is 18.2 Å². The average molecular weight is 341 g/mol. The van der Waals surface area contributed by atoms with Crippen molar-refractivity contribution < 1.29 is 9.59 Å².